The summed E-state index contributed by atoms with van der Waals surface area (Å²) in [7, 11) is 1.69. The molecule has 1 aromatic carbocycles. The Morgan fingerprint density at radius 1 is 1.41 bits per heavy atom. The van der Waals surface area contributed by atoms with Crippen molar-refractivity contribution in [2.45, 2.75) is 6.92 Å². The Bertz CT molecular complexity index is 748. The fraction of sp³-hybridized carbons (Fsp3) is 0.133. The number of benzene rings is 1. The summed E-state index contributed by atoms with van der Waals surface area (Å²) in [5.41, 5.74) is 1.52. The highest BCUT2D eigenvalue weighted by Gasteiger charge is 2.19. The van der Waals surface area contributed by atoms with Gasteiger partial charge in [0.15, 0.2) is 0 Å². The van der Waals surface area contributed by atoms with Crippen LogP contribution >= 0.6 is 27.5 Å². The van der Waals surface area contributed by atoms with Crippen LogP contribution in [0, 0.1) is 5.41 Å². The van der Waals surface area contributed by atoms with E-state index in [1.165, 1.54) is 6.20 Å². The molecule has 0 atom stereocenters. The van der Waals surface area contributed by atoms with E-state index in [1.54, 1.807) is 26.1 Å². The molecule has 1 aromatic heterocycles. The van der Waals surface area contributed by atoms with Gasteiger partial charge in [0.05, 0.1) is 16.1 Å². The number of amides is 1. The fourth-order valence-electron chi connectivity index (χ4n) is 1.94. The molecule has 1 amide bonds. The lowest BCUT2D eigenvalue weighted by Crippen LogP contribution is -2.15. The predicted octanol–water partition coefficient (Wildman–Crippen LogP) is 4.18. The van der Waals surface area contributed by atoms with Crippen LogP contribution in [0.3, 0.4) is 0 Å². The highest BCUT2D eigenvalue weighted by Crippen LogP contribution is 2.27. The molecule has 3 N–H and O–H groups in total. The van der Waals surface area contributed by atoms with Crippen molar-refractivity contribution in [1.82, 2.24) is 4.98 Å². The van der Waals surface area contributed by atoms with Gasteiger partial charge in [0.25, 0.3) is 5.91 Å². The lowest BCUT2D eigenvalue weighted by molar-refractivity contribution is 0.102. The number of hydrogen-bond acceptors (Lipinski definition) is 4. The van der Waals surface area contributed by atoms with Gasteiger partial charge in [-0.15, -0.1) is 0 Å². The van der Waals surface area contributed by atoms with Crippen molar-refractivity contribution in [2.75, 3.05) is 17.7 Å². The largest absolute Gasteiger partial charge is 0.373 e. The van der Waals surface area contributed by atoms with Crippen molar-refractivity contribution in [3.8, 4) is 0 Å². The van der Waals surface area contributed by atoms with Gasteiger partial charge in [0.1, 0.15) is 5.82 Å². The molecule has 22 heavy (non-hydrogen) atoms. The molecule has 0 aliphatic rings. The van der Waals surface area contributed by atoms with Crippen LogP contribution in [0.5, 0.6) is 0 Å². The summed E-state index contributed by atoms with van der Waals surface area (Å²) in [6.45, 7) is 1.60. The smallest absolute Gasteiger partial charge is 0.258 e. The second-order valence-electron chi connectivity index (χ2n) is 4.55. The van der Waals surface area contributed by atoms with Gasteiger partial charge in [-0.1, -0.05) is 33.6 Å². The summed E-state index contributed by atoms with van der Waals surface area (Å²) in [5, 5.41) is 13.6. The third-order valence-electron chi connectivity index (χ3n) is 2.95. The summed E-state index contributed by atoms with van der Waals surface area (Å²) >= 11 is 9.64. The van der Waals surface area contributed by atoms with Crippen LogP contribution in [0.25, 0.3) is 0 Å². The SMILES string of the molecule is CNc1ncc(C(=O)Nc2cccc(Br)c2)c(Cl)c1C(C)=N. The van der Waals surface area contributed by atoms with E-state index in [-0.39, 0.29) is 22.2 Å². The van der Waals surface area contributed by atoms with E-state index in [0.29, 0.717) is 17.1 Å². The Morgan fingerprint density at radius 3 is 2.73 bits per heavy atom. The number of rotatable bonds is 4. The standard InChI is InChI=1S/C15H14BrClN4O/c1-8(18)12-13(17)11(7-20-14(12)19-2)15(22)21-10-5-3-4-9(16)6-10/h3-7,18H,1-2H3,(H,19,20)(H,21,22). The zero-order valence-corrected chi connectivity index (χ0v) is 14.3. The monoisotopic (exact) mass is 380 g/mol. The number of pyridine rings is 1. The van der Waals surface area contributed by atoms with Crippen LogP contribution in [0.15, 0.2) is 34.9 Å². The number of carbonyl (C=O) groups is 1. The first kappa shape index (κ1) is 16.5. The Hall–Kier alpha value is -1.92. The van der Waals surface area contributed by atoms with Crippen LogP contribution in [0.4, 0.5) is 11.5 Å². The molecule has 0 saturated heterocycles. The first-order valence-corrected chi connectivity index (χ1v) is 7.59. The Balaban J connectivity index is 2.38. The van der Waals surface area contributed by atoms with Crippen LogP contribution < -0.4 is 10.6 Å². The number of carbonyl (C=O) groups excluding carboxylic acids is 1. The molecule has 0 aliphatic heterocycles. The zero-order chi connectivity index (χ0) is 16.3. The minimum atomic E-state index is -0.374. The maximum absolute atomic E-state index is 12.4. The second-order valence-corrected chi connectivity index (χ2v) is 5.84. The molecule has 114 valence electrons. The van der Waals surface area contributed by atoms with Crippen molar-refractivity contribution in [1.29, 1.82) is 5.41 Å². The van der Waals surface area contributed by atoms with E-state index in [1.807, 2.05) is 12.1 Å². The summed E-state index contributed by atoms with van der Waals surface area (Å²) in [6, 6.07) is 7.23. The maximum atomic E-state index is 12.4. The van der Waals surface area contributed by atoms with Crippen molar-refractivity contribution in [3.05, 3.63) is 51.1 Å². The molecule has 0 fully saturated rings. The van der Waals surface area contributed by atoms with Gasteiger partial charge in [-0.05, 0) is 25.1 Å². The molecule has 2 aromatic rings. The van der Waals surface area contributed by atoms with E-state index >= 15 is 0 Å². The highest BCUT2D eigenvalue weighted by atomic mass is 79.9. The second kappa shape index (κ2) is 6.89. The van der Waals surface area contributed by atoms with Crippen molar-refractivity contribution >= 4 is 50.7 Å². The number of nitrogens with one attached hydrogen (secondary N) is 3. The molecule has 0 spiro atoms. The molecule has 0 aliphatic carbocycles. The van der Waals surface area contributed by atoms with Crippen molar-refractivity contribution in [2.24, 2.45) is 0 Å². The number of nitrogens with zero attached hydrogens (tertiary/aromatic N) is 1. The molecule has 0 radical (unpaired) electrons. The first-order valence-electron chi connectivity index (χ1n) is 6.42. The van der Waals surface area contributed by atoms with E-state index in [4.69, 9.17) is 17.0 Å². The third-order valence-corrected chi connectivity index (χ3v) is 3.84. The fourth-order valence-corrected chi connectivity index (χ4v) is 2.71. The van der Waals surface area contributed by atoms with Crippen molar-refractivity contribution < 1.29 is 4.79 Å². The molecule has 0 saturated carbocycles. The lowest BCUT2D eigenvalue weighted by Gasteiger charge is -2.13. The number of halogens is 2. The summed E-state index contributed by atoms with van der Waals surface area (Å²) in [4.78, 5) is 16.5. The number of aromatic nitrogens is 1. The quantitative estimate of drug-likeness (QED) is 0.695. The van der Waals surface area contributed by atoms with Gasteiger partial charge in [0.2, 0.25) is 0 Å². The summed E-state index contributed by atoms with van der Waals surface area (Å²) in [5.74, 6) is 0.0947. The molecule has 2 rings (SSSR count). The average Bonchev–Trinajstić information content (AvgIpc) is 2.46. The van der Waals surface area contributed by atoms with Gasteiger partial charge in [-0.25, -0.2) is 4.98 Å². The van der Waals surface area contributed by atoms with Gasteiger partial charge in [-0.2, -0.15) is 0 Å². The molecular weight excluding hydrogens is 368 g/mol. The average molecular weight is 382 g/mol. The Labute approximate surface area is 141 Å². The summed E-state index contributed by atoms with van der Waals surface area (Å²) in [6.07, 6.45) is 1.40. The molecule has 7 heteroatoms. The van der Waals surface area contributed by atoms with Gasteiger partial charge in [0, 0.05) is 29.1 Å². The molecule has 0 bridgehead atoms. The van der Waals surface area contributed by atoms with Gasteiger partial charge >= 0.3 is 0 Å². The first-order chi connectivity index (χ1) is 10.4. The molecule has 0 unspecified atom stereocenters. The molecule has 1 heterocycles. The minimum Gasteiger partial charge on any atom is -0.373 e. The minimum absolute atomic E-state index is 0.208. The van der Waals surface area contributed by atoms with E-state index in [2.05, 4.69) is 31.5 Å². The normalized spacial score (nSPS) is 10.2. The van der Waals surface area contributed by atoms with Crippen LogP contribution in [0.1, 0.15) is 22.8 Å². The zero-order valence-electron chi connectivity index (χ0n) is 12.0. The van der Waals surface area contributed by atoms with Gasteiger partial charge < -0.3 is 16.0 Å². The van der Waals surface area contributed by atoms with Crippen LogP contribution in [-0.2, 0) is 0 Å². The number of anilines is 2. The van der Waals surface area contributed by atoms with Crippen molar-refractivity contribution in [3.63, 3.8) is 0 Å². The topological polar surface area (TPSA) is 77.9 Å². The molecular formula is C15H14BrClN4O. The van der Waals surface area contributed by atoms with E-state index < -0.39 is 0 Å². The van der Waals surface area contributed by atoms with E-state index in [0.717, 1.165) is 4.47 Å². The Kier molecular flexibility index (Phi) is 5.15. The van der Waals surface area contributed by atoms with E-state index in [9.17, 15) is 4.79 Å². The van der Waals surface area contributed by atoms with Gasteiger partial charge in [-0.3, -0.25) is 4.79 Å². The highest BCUT2D eigenvalue weighted by molar-refractivity contribution is 9.10. The van der Waals surface area contributed by atoms with Crippen LogP contribution in [0.2, 0.25) is 5.02 Å². The van der Waals surface area contributed by atoms with Crippen LogP contribution in [-0.4, -0.2) is 23.7 Å². The maximum Gasteiger partial charge on any atom is 0.258 e. The lowest BCUT2D eigenvalue weighted by atomic mass is 10.1. The number of hydrogen-bond donors (Lipinski definition) is 3. The summed E-state index contributed by atoms with van der Waals surface area (Å²) < 4.78 is 0.857. The predicted molar refractivity (Wildman–Crippen MR) is 93.4 cm³/mol. The third kappa shape index (κ3) is 3.45. The molecule has 5 nitrogen and oxygen atoms in total. The Morgan fingerprint density at radius 2 is 2.14 bits per heavy atom.